The van der Waals surface area contributed by atoms with Gasteiger partial charge in [-0.1, -0.05) is 18.5 Å². The number of hydrogen-bond acceptors (Lipinski definition) is 5. The molecule has 1 saturated heterocycles. The minimum absolute atomic E-state index is 0.0252. The van der Waals surface area contributed by atoms with Crippen LogP contribution in [0.4, 0.5) is 0 Å². The molecule has 156 valence electrons. The number of nitrogens with one attached hydrogen (secondary N) is 1. The van der Waals surface area contributed by atoms with Crippen LogP contribution < -0.4 is 5.32 Å². The van der Waals surface area contributed by atoms with Gasteiger partial charge in [-0.15, -0.1) is 0 Å². The van der Waals surface area contributed by atoms with Gasteiger partial charge in [0.2, 0.25) is 10.0 Å². The topological polar surface area (TPSA) is 92.8 Å². The zero-order valence-electron chi connectivity index (χ0n) is 16.6. The van der Waals surface area contributed by atoms with Gasteiger partial charge < -0.3 is 10.1 Å². The van der Waals surface area contributed by atoms with Gasteiger partial charge >= 0.3 is 5.97 Å². The third-order valence-electron chi connectivity index (χ3n) is 4.49. The molecule has 1 fully saturated rings. The van der Waals surface area contributed by atoms with Gasteiger partial charge in [0, 0.05) is 19.1 Å². The van der Waals surface area contributed by atoms with Gasteiger partial charge in [-0.2, -0.15) is 4.31 Å². The lowest BCUT2D eigenvalue weighted by Crippen LogP contribution is -2.39. The number of rotatable bonds is 6. The monoisotopic (exact) mass is 430 g/mol. The van der Waals surface area contributed by atoms with Crippen molar-refractivity contribution in [3.63, 3.8) is 0 Å². The van der Waals surface area contributed by atoms with Crippen LogP contribution in [0.3, 0.4) is 0 Å². The van der Waals surface area contributed by atoms with Gasteiger partial charge in [0.05, 0.1) is 10.6 Å². The highest BCUT2D eigenvalue weighted by Gasteiger charge is 2.31. The summed E-state index contributed by atoms with van der Waals surface area (Å²) in [4.78, 5) is 24.2. The van der Waals surface area contributed by atoms with E-state index in [2.05, 4.69) is 5.32 Å². The molecule has 1 aromatic carbocycles. The highest BCUT2D eigenvalue weighted by atomic mass is 35.5. The summed E-state index contributed by atoms with van der Waals surface area (Å²) < 4.78 is 32.6. The highest BCUT2D eigenvalue weighted by molar-refractivity contribution is 7.89. The van der Waals surface area contributed by atoms with E-state index < -0.39 is 28.0 Å². The van der Waals surface area contributed by atoms with Crippen LogP contribution in [0.5, 0.6) is 0 Å². The highest BCUT2D eigenvalue weighted by Crippen LogP contribution is 2.29. The van der Waals surface area contributed by atoms with Crippen LogP contribution in [-0.2, 0) is 19.6 Å². The predicted molar refractivity (Wildman–Crippen MR) is 107 cm³/mol. The van der Waals surface area contributed by atoms with Crippen LogP contribution in [0.1, 0.15) is 50.9 Å². The Morgan fingerprint density at radius 1 is 1.29 bits per heavy atom. The third-order valence-corrected chi connectivity index (χ3v) is 6.84. The van der Waals surface area contributed by atoms with Crippen LogP contribution in [0.15, 0.2) is 23.1 Å². The van der Waals surface area contributed by atoms with Crippen molar-refractivity contribution in [3.8, 4) is 0 Å². The summed E-state index contributed by atoms with van der Waals surface area (Å²) in [5.41, 5.74) is 0.0252. The lowest BCUT2D eigenvalue weighted by Gasteiger charge is -2.30. The second-order valence-electron chi connectivity index (χ2n) is 7.47. The molecule has 1 amide bonds. The lowest BCUT2D eigenvalue weighted by atomic mass is 10.0. The minimum atomic E-state index is -3.83. The fourth-order valence-corrected chi connectivity index (χ4v) is 5.11. The van der Waals surface area contributed by atoms with Crippen LogP contribution in [-0.4, -0.2) is 49.8 Å². The SMILES string of the molecule is CC1CCCN(S(=O)(=O)c2cc(C(=O)OC(C)C(=O)NC(C)C)ccc2Cl)C1. The molecule has 2 atom stereocenters. The normalized spacial score (nSPS) is 19.3. The van der Waals surface area contributed by atoms with Crippen molar-refractivity contribution in [1.82, 2.24) is 9.62 Å². The molecule has 0 aliphatic carbocycles. The average molecular weight is 431 g/mol. The first-order chi connectivity index (χ1) is 13.0. The van der Waals surface area contributed by atoms with Gasteiger partial charge in [0.15, 0.2) is 6.10 Å². The maximum Gasteiger partial charge on any atom is 0.338 e. The molecule has 0 bridgehead atoms. The quantitative estimate of drug-likeness (QED) is 0.700. The molecule has 2 rings (SSSR count). The molecule has 2 unspecified atom stereocenters. The summed E-state index contributed by atoms with van der Waals surface area (Å²) in [5.74, 6) is -0.949. The fraction of sp³-hybridized carbons (Fsp3) is 0.579. The number of piperidine rings is 1. The van der Waals surface area contributed by atoms with E-state index in [9.17, 15) is 18.0 Å². The Balaban J connectivity index is 2.22. The Kier molecular flexibility index (Phi) is 7.47. The molecule has 1 aliphatic heterocycles. The van der Waals surface area contributed by atoms with Crippen molar-refractivity contribution >= 4 is 33.5 Å². The second kappa shape index (κ2) is 9.24. The van der Waals surface area contributed by atoms with E-state index in [1.807, 2.05) is 6.92 Å². The van der Waals surface area contributed by atoms with Gasteiger partial charge in [0.1, 0.15) is 4.90 Å². The molecule has 28 heavy (non-hydrogen) atoms. The fourth-order valence-electron chi connectivity index (χ4n) is 3.02. The van der Waals surface area contributed by atoms with Crippen molar-refractivity contribution < 1.29 is 22.7 Å². The third kappa shape index (κ3) is 5.46. The van der Waals surface area contributed by atoms with E-state index in [0.29, 0.717) is 13.1 Å². The van der Waals surface area contributed by atoms with E-state index >= 15 is 0 Å². The van der Waals surface area contributed by atoms with Crippen molar-refractivity contribution in [3.05, 3.63) is 28.8 Å². The summed E-state index contributed by atoms with van der Waals surface area (Å²) in [6, 6.07) is 3.87. The number of halogens is 1. The zero-order chi connectivity index (χ0) is 21.1. The summed E-state index contributed by atoms with van der Waals surface area (Å²) in [5, 5.41) is 2.69. The number of esters is 1. The van der Waals surface area contributed by atoms with E-state index in [0.717, 1.165) is 12.8 Å². The van der Waals surface area contributed by atoms with Crippen LogP contribution in [0, 0.1) is 5.92 Å². The second-order valence-corrected chi connectivity index (χ2v) is 9.78. The first kappa shape index (κ1) is 22.6. The Hall–Kier alpha value is -1.64. The Labute approximate surface area is 171 Å². The van der Waals surface area contributed by atoms with Crippen molar-refractivity contribution in [1.29, 1.82) is 0 Å². The first-order valence-corrected chi connectivity index (χ1v) is 11.1. The smallest absolute Gasteiger partial charge is 0.338 e. The van der Waals surface area contributed by atoms with Crippen LogP contribution >= 0.6 is 11.6 Å². The summed E-state index contributed by atoms with van der Waals surface area (Å²) in [6.07, 6.45) is 0.749. The van der Waals surface area contributed by atoms with E-state index in [1.165, 1.54) is 29.4 Å². The van der Waals surface area contributed by atoms with Gasteiger partial charge in [0.25, 0.3) is 5.91 Å². The molecule has 7 nitrogen and oxygen atoms in total. The first-order valence-electron chi connectivity index (χ1n) is 9.33. The number of benzene rings is 1. The lowest BCUT2D eigenvalue weighted by molar-refractivity contribution is -0.129. The molecule has 1 aromatic rings. The molecule has 1 heterocycles. The molecule has 0 spiro atoms. The van der Waals surface area contributed by atoms with Crippen LogP contribution in [0.25, 0.3) is 0 Å². The maximum absolute atomic E-state index is 13.0. The molecule has 0 saturated carbocycles. The van der Waals surface area contributed by atoms with Gasteiger partial charge in [-0.25, -0.2) is 13.2 Å². The largest absolute Gasteiger partial charge is 0.449 e. The maximum atomic E-state index is 13.0. The summed E-state index contributed by atoms with van der Waals surface area (Å²) >= 11 is 6.13. The van der Waals surface area contributed by atoms with E-state index in [4.69, 9.17) is 16.3 Å². The molecule has 0 aromatic heterocycles. The van der Waals surface area contributed by atoms with Crippen LogP contribution in [0.2, 0.25) is 5.02 Å². The van der Waals surface area contributed by atoms with Crippen molar-refractivity contribution in [2.45, 2.75) is 57.6 Å². The molecular formula is C19H27ClN2O5S. The molecule has 9 heteroatoms. The molecule has 1 aliphatic rings. The molecular weight excluding hydrogens is 404 g/mol. The molecule has 1 N–H and O–H groups in total. The number of ether oxygens (including phenoxy) is 1. The zero-order valence-corrected chi connectivity index (χ0v) is 18.1. The number of amides is 1. The molecule has 0 radical (unpaired) electrons. The summed E-state index contributed by atoms with van der Waals surface area (Å²) in [6.45, 7) is 7.89. The number of carbonyl (C=O) groups is 2. The summed E-state index contributed by atoms with van der Waals surface area (Å²) in [7, 11) is -3.83. The average Bonchev–Trinajstić information content (AvgIpc) is 2.61. The number of sulfonamides is 1. The Bertz CT molecular complexity index is 841. The van der Waals surface area contributed by atoms with E-state index in [1.54, 1.807) is 13.8 Å². The van der Waals surface area contributed by atoms with Gasteiger partial charge in [-0.05, 0) is 57.7 Å². The Morgan fingerprint density at radius 2 is 1.96 bits per heavy atom. The predicted octanol–water partition coefficient (Wildman–Crippen LogP) is 2.83. The van der Waals surface area contributed by atoms with Crippen molar-refractivity contribution in [2.75, 3.05) is 13.1 Å². The standard InChI is InChI=1S/C19H27ClN2O5S/c1-12(2)21-18(23)14(4)27-19(24)15-7-8-16(20)17(10-15)28(25,26)22-9-5-6-13(3)11-22/h7-8,10,12-14H,5-6,9,11H2,1-4H3,(H,21,23). The number of carbonyl (C=O) groups excluding carboxylic acids is 2. The Morgan fingerprint density at radius 3 is 2.57 bits per heavy atom. The number of nitrogens with zero attached hydrogens (tertiary/aromatic N) is 1. The number of hydrogen-bond donors (Lipinski definition) is 1. The van der Waals surface area contributed by atoms with Gasteiger partial charge in [-0.3, -0.25) is 4.79 Å². The van der Waals surface area contributed by atoms with Crippen molar-refractivity contribution in [2.24, 2.45) is 5.92 Å². The van der Waals surface area contributed by atoms with E-state index in [-0.39, 0.29) is 27.4 Å². The minimum Gasteiger partial charge on any atom is -0.449 e.